The van der Waals surface area contributed by atoms with Crippen molar-refractivity contribution in [1.82, 2.24) is 15.0 Å². The van der Waals surface area contributed by atoms with Crippen LogP contribution in [0.3, 0.4) is 0 Å². The molecule has 4 rings (SSSR count). The largest absolute Gasteiger partial charge is 0.475 e. The van der Waals surface area contributed by atoms with E-state index in [2.05, 4.69) is 15.0 Å². The summed E-state index contributed by atoms with van der Waals surface area (Å²) in [5.41, 5.74) is 3.58. The van der Waals surface area contributed by atoms with Crippen molar-refractivity contribution in [3.05, 3.63) is 64.7 Å². The quantitative estimate of drug-likeness (QED) is 0.733. The van der Waals surface area contributed by atoms with E-state index >= 15 is 0 Å². The first-order valence-corrected chi connectivity index (χ1v) is 9.14. The Hall–Kier alpha value is -3.03. The lowest BCUT2D eigenvalue weighted by Crippen LogP contribution is -2.33. The molecule has 1 aliphatic rings. The molecular weight excluding hydrogens is 358 g/mol. The number of nitrogens with zero attached hydrogens (tertiary/aromatic N) is 2. The van der Waals surface area contributed by atoms with Crippen LogP contribution in [-0.2, 0) is 9.47 Å². The van der Waals surface area contributed by atoms with Gasteiger partial charge in [0.25, 0.3) is 5.56 Å². The summed E-state index contributed by atoms with van der Waals surface area (Å²) in [4.78, 5) is 23.5. The highest BCUT2D eigenvalue weighted by Gasteiger charge is 2.16. The summed E-state index contributed by atoms with van der Waals surface area (Å²) in [6, 6.07) is 13.1. The van der Waals surface area contributed by atoms with Crippen molar-refractivity contribution in [3.8, 4) is 28.4 Å². The molecule has 7 nitrogen and oxygen atoms in total. The lowest BCUT2D eigenvalue weighted by Gasteiger charge is -2.22. The van der Waals surface area contributed by atoms with Crippen LogP contribution in [0.1, 0.15) is 5.69 Å². The molecule has 0 amide bonds. The first-order valence-electron chi connectivity index (χ1n) is 9.14. The smallest absolute Gasteiger partial charge is 0.254 e. The average Bonchev–Trinajstić information content (AvgIpc) is 2.73. The SMILES string of the molecule is Cc1ccc(-c2ccc(-c3nc(OCC4COCCO4)cc(=O)[nH]3)cc2)cn1. The Kier molecular flexibility index (Phi) is 5.45. The Morgan fingerprint density at radius 1 is 1.11 bits per heavy atom. The van der Waals surface area contributed by atoms with Crippen molar-refractivity contribution in [3.63, 3.8) is 0 Å². The second kappa shape index (κ2) is 8.33. The van der Waals surface area contributed by atoms with Crippen molar-refractivity contribution in [2.24, 2.45) is 0 Å². The number of hydrogen-bond donors (Lipinski definition) is 1. The minimum absolute atomic E-state index is 0.152. The van der Waals surface area contributed by atoms with Crippen LogP contribution in [0.5, 0.6) is 5.88 Å². The zero-order valence-electron chi connectivity index (χ0n) is 15.6. The Balaban J connectivity index is 1.51. The molecule has 0 radical (unpaired) electrons. The normalized spacial score (nSPS) is 16.7. The van der Waals surface area contributed by atoms with Gasteiger partial charge in [-0.15, -0.1) is 0 Å². The Morgan fingerprint density at radius 3 is 2.61 bits per heavy atom. The second-order valence-electron chi connectivity index (χ2n) is 6.58. The number of pyridine rings is 1. The molecule has 3 aromatic rings. The van der Waals surface area contributed by atoms with Crippen LogP contribution < -0.4 is 10.3 Å². The summed E-state index contributed by atoms with van der Waals surface area (Å²) in [6.45, 7) is 3.86. The molecule has 1 fully saturated rings. The molecule has 3 heterocycles. The van der Waals surface area contributed by atoms with Crippen molar-refractivity contribution in [2.75, 3.05) is 26.4 Å². The third-order valence-electron chi connectivity index (χ3n) is 4.42. The molecule has 1 N–H and O–H groups in total. The molecule has 0 aliphatic carbocycles. The van der Waals surface area contributed by atoms with Crippen molar-refractivity contribution in [2.45, 2.75) is 13.0 Å². The lowest BCUT2D eigenvalue weighted by molar-refractivity contribution is -0.102. The number of nitrogens with one attached hydrogen (secondary N) is 1. The maximum atomic E-state index is 12.0. The third-order valence-corrected chi connectivity index (χ3v) is 4.42. The molecular formula is C21H21N3O4. The molecule has 1 saturated heterocycles. The lowest BCUT2D eigenvalue weighted by atomic mass is 10.1. The highest BCUT2D eigenvalue weighted by atomic mass is 16.6. The van der Waals surface area contributed by atoms with Gasteiger partial charge in [-0.3, -0.25) is 9.78 Å². The molecule has 28 heavy (non-hydrogen) atoms. The van der Waals surface area contributed by atoms with Gasteiger partial charge in [0.2, 0.25) is 5.88 Å². The number of aromatic nitrogens is 3. The third kappa shape index (κ3) is 4.44. The van der Waals surface area contributed by atoms with E-state index in [0.29, 0.717) is 25.6 Å². The van der Waals surface area contributed by atoms with Gasteiger partial charge in [0.1, 0.15) is 18.5 Å². The van der Waals surface area contributed by atoms with E-state index in [1.54, 1.807) is 0 Å². The maximum absolute atomic E-state index is 12.0. The summed E-state index contributed by atoms with van der Waals surface area (Å²) in [7, 11) is 0. The van der Waals surface area contributed by atoms with Gasteiger partial charge >= 0.3 is 0 Å². The predicted molar refractivity (Wildman–Crippen MR) is 104 cm³/mol. The molecule has 1 aliphatic heterocycles. The van der Waals surface area contributed by atoms with Gasteiger partial charge < -0.3 is 19.2 Å². The zero-order valence-corrected chi connectivity index (χ0v) is 15.6. The van der Waals surface area contributed by atoms with Crippen LogP contribution >= 0.6 is 0 Å². The standard InChI is InChI=1S/C21H21N3O4/c1-14-2-3-17(11-22-14)15-4-6-16(7-5-15)21-23-19(25)10-20(24-21)28-13-18-12-26-8-9-27-18/h2-7,10-11,18H,8-9,12-13H2,1H3,(H,23,24,25). The Morgan fingerprint density at radius 2 is 1.89 bits per heavy atom. The second-order valence-corrected chi connectivity index (χ2v) is 6.58. The molecule has 0 spiro atoms. The fourth-order valence-electron chi connectivity index (χ4n) is 2.92. The summed E-state index contributed by atoms with van der Waals surface area (Å²) in [5, 5.41) is 0. The minimum atomic E-state index is -0.271. The number of ether oxygens (including phenoxy) is 3. The van der Waals surface area contributed by atoms with Crippen LogP contribution in [0.4, 0.5) is 0 Å². The number of benzene rings is 1. The number of rotatable bonds is 5. The molecule has 1 atom stereocenters. The van der Waals surface area contributed by atoms with Crippen molar-refractivity contribution in [1.29, 1.82) is 0 Å². The number of aryl methyl sites for hydroxylation is 1. The van der Waals surface area contributed by atoms with Gasteiger partial charge in [0, 0.05) is 23.0 Å². The van der Waals surface area contributed by atoms with E-state index in [1.165, 1.54) is 6.07 Å². The fraction of sp³-hybridized carbons (Fsp3) is 0.286. The summed E-state index contributed by atoms with van der Waals surface area (Å²) >= 11 is 0. The molecule has 0 bridgehead atoms. The van der Waals surface area contributed by atoms with Gasteiger partial charge in [0.05, 0.1) is 25.9 Å². The molecule has 144 valence electrons. The molecule has 0 saturated carbocycles. The van der Waals surface area contributed by atoms with E-state index in [-0.39, 0.29) is 24.2 Å². The van der Waals surface area contributed by atoms with Gasteiger partial charge in [0.15, 0.2) is 0 Å². The van der Waals surface area contributed by atoms with E-state index in [9.17, 15) is 4.79 Å². The summed E-state index contributed by atoms with van der Waals surface area (Å²) in [6.07, 6.45) is 1.69. The monoisotopic (exact) mass is 379 g/mol. The van der Waals surface area contributed by atoms with Crippen LogP contribution in [-0.4, -0.2) is 47.5 Å². The van der Waals surface area contributed by atoms with Crippen molar-refractivity contribution >= 4 is 0 Å². The zero-order chi connectivity index (χ0) is 19.3. The average molecular weight is 379 g/mol. The molecule has 1 aromatic carbocycles. The Labute approximate surface area is 162 Å². The van der Waals surface area contributed by atoms with Gasteiger partial charge in [-0.05, 0) is 18.6 Å². The van der Waals surface area contributed by atoms with Crippen LogP contribution in [0, 0.1) is 6.92 Å². The van der Waals surface area contributed by atoms with Crippen molar-refractivity contribution < 1.29 is 14.2 Å². The van der Waals surface area contributed by atoms with Gasteiger partial charge in [-0.1, -0.05) is 30.3 Å². The number of aromatic amines is 1. The van der Waals surface area contributed by atoms with Crippen LogP contribution in [0.2, 0.25) is 0 Å². The van der Waals surface area contributed by atoms with Crippen LogP contribution in [0.25, 0.3) is 22.5 Å². The predicted octanol–water partition coefficient (Wildman–Crippen LogP) is 2.60. The van der Waals surface area contributed by atoms with E-state index in [0.717, 1.165) is 22.4 Å². The first-order chi connectivity index (χ1) is 13.7. The topological polar surface area (TPSA) is 86.3 Å². The van der Waals surface area contributed by atoms with E-state index < -0.39 is 0 Å². The Bertz CT molecular complexity index is 978. The number of hydrogen-bond acceptors (Lipinski definition) is 6. The molecule has 2 aromatic heterocycles. The van der Waals surface area contributed by atoms with E-state index in [4.69, 9.17) is 14.2 Å². The number of H-pyrrole nitrogens is 1. The minimum Gasteiger partial charge on any atom is -0.475 e. The van der Waals surface area contributed by atoms with Gasteiger partial charge in [-0.2, -0.15) is 4.98 Å². The summed E-state index contributed by atoms with van der Waals surface area (Å²) in [5.74, 6) is 0.719. The highest BCUT2D eigenvalue weighted by molar-refractivity contribution is 5.67. The highest BCUT2D eigenvalue weighted by Crippen LogP contribution is 2.23. The summed E-state index contributed by atoms with van der Waals surface area (Å²) < 4.78 is 16.5. The fourth-order valence-corrected chi connectivity index (χ4v) is 2.92. The van der Waals surface area contributed by atoms with Gasteiger partial charge in [-0.25, -0.2) is 0 Å². The first kappa shape index (κ1) is 18.3. The molecule has 7 heteroatoms. The van der Waals surface area contributed by atoms with E-state index in [1.807, 2.05) is 49.5 Å². The molecule has 1 unspecified atom stereocenters. The van der Waals surface area contributed by atoms with Crippen LogP contribution in [0.15, 0.2) is 53.5 Å². The maximum Gasteiger partial charge on any atom is 0.254 e.